The van der Waals surface area contributed by atoms with Crippen LogP contribution in [0.2, 0.25) is 0 Å². The highest BCUT2D eigenvalue weighted by Crippen LogP contribution is 2.26. The lowest BCUT2D eigenvalue weighted by Gasteiger charge is -2.25. The molecule has 0 unspecified atom stereocenters. The summed E-state index contributed by atoms with van der Waals surface area (Å²) in [5.41, 5.74) is 0.0289. The lowest BCUT2D eigenvalue weighted by Crippen LogP contribution is -2.46. The summed E-state index contributed by atoms with van der Waals surface area (Å²) in [7, 11) is 0. The quantitative estimate of drug-likeness (QED) is 0.700. The number of aromatic nitrogens is 2. The van der Waals surface area contributed by atoms with E-state index in [9.17, 15) is 18.4 Å². The third-order valence-corrected chi connectivity index (χ3v) is 4.57. The molecular weight excluding hydrogens is 370 g/mol. The third kappa shape index (κ3) is 4.85. The summed E-state index contributed by atoms with van der Waals surface area (Å²) in [5, 5.41) is 6.94. The first kappa shape index (κ1) is 19.8. The predicted octanol–water partition coefficient (Wildman–Crippen LogP) is 2.30. The number of hydrogen-bond acceptors (Lipinski definition) is 4. The zero-order chi connectivity index (χ0) is 19.9. The van der Waals surface area contributed by atoms with Crippen LogP contribution in [0.4, 0.5) is 8.78 Å². The van der Waals surface area contributed by atoms with Crippen molar-refractivity contribution >= 4 is 11.8 Å². The number of halogens is 2. The number of carbonyl (C=O) groups is 2. The number of aryl methyl sites for hydroxylation is 1. The summed E-state index contributed by atoms with van der Waals surface area (Å²) in [6, 6.07) is 7.05. The van der Waals surface area contributed by atoms with E-state index in [4.69, 9.17) is 0 Å². The van der Waals surface area contributed by atoms with Crippen molar-refractivity contribution in [3.8, 4) is 5.75 Å². The van der Waals surface area contributed by atoms with Gasteiger partial charge in [0.2, 0.25) is 5.91 Å². The molecule has 0 spiro atoms. The van der Waals surface area contributed by atoms with E-state index >= 15 is 0 Å². The molecule has 2 amide bonds. The van der Waals surface area contributed by atoms with E-state index in [1.54, 1.807) is 16.9 Å². The maximum atomic E-state index is 12.9. The highest BCUT2D eigenvalue weighted by molar-refractivity contribution is 6.00. The van der Waals surface area contributed by atoms with Crippen LogP contribution in [0.15, 0.2) is 42.7 Å². The van der Waals surface area contributed by atoms with Gasteiger partial charge >= 0.3 is 6.61 Å². The second-order valence-electron chi connectivity index (χ2n) is 6.44. The molecule has 0 saturated carbocycles. The first-order valence-electron chi connectivity index (χ1n) is 9.16. The van der Waals surface area contributed by atoms with Crippen molar-refractivity contribution in [2.75, 3.05) is 13.1 Å². The van der Waals surface area contributed by atoms with Crippen LogP contribution < -0.4 is 10.1 Å². The maximum Gasteiger partial charge on any atom is 0.387 e. The van der Waals surface area contributed by atoms with Crippen LogP contribution in [-0.4, -0.2) is 52.2 Å². The monoisotopic (exact) mass is 392 g/mol. The largest absolute Gasteiger partial charge is 0.434 e. The summed E-state index contributed by atoms with van der Waals surface area (Å²) in [6.07, 6.45) is 5.46. The standard InChI is InChI=1S/C19H22F2N4O3/c20-19(21)28-16-8-2-1-6-14(16)18(27)25-13-3-7-15(25)17(26)22-9-4-11-24-12-5-10-23-24/h1-2,5-6,8,10,12,15,19H,3-4,7,9,11,13H2,(H,22,26)/t15-/m1/s1. The molecule has 3 rings (SSSR count). The van der Waals surface area contributed by atoms with Crippen LogP contribution >= 0.6 is 0 Å². The lowest BCUT2D eigenvalue weighted by molar-refractivity contribution is -0.124. The number of nitrogens with one attached hydrogen (secondary N) is 1. The molecule has 1 N–H and O–H groups in total. The SMILES string of the molecule is O=C(NCCCn1cccn1)[C@H]1CCCN1C(=O)c1ccccc1OC(F)F. The van der Waals surface area contributed by atoms with Gasteiger partial charge in [-0.2, -0.15) is 13.9 Å². The molecule has 0 radical (unpaired) electrons. The predicted molar refractivity (Wildman–Crippen MR) is 97.0 cm³/mol. The van der Waals surface area contributed by atoms with Crippen molar-refractivity contribution in [2.45, 2.75) is 38.5 Å². The number of hydrogen-bond donors (Lipinski definition) is 1. The average Bonchev–Trinajstić information content (AvgIpc) is 3.36. The van der Waals surface area contributed by atoms with Gasteiger partial charge < -0.3 is 15.0 Å². The van der Waals surface area contributed by atoms with E-state index in [0.717, 1.165) is 0 Å². The Morgan fingerprint density at radius 1 is 1.29 bits per heavy atom. The van der Waals surface area contributed by atoms with E-state index in [1.807, 2.05) is 12.3 Å². The van der Waals surface area contributed by atoms with Gasteiger partial charge in [0, 0.05) is 32.0 Å². The molecule has 2 heterocycles. The Hall–Kier alpha value is -2.97. The number of likely N-dealkylation sites (tertiary alicyclic amines) is 1. The number of benzene rings is 1. The number of amides is 2. The number of ether oxygens (including phenoxy) is 1. The van der Waals surface area contributed by atoms with Crippen LogP contribution in [0.25, 0.3) is 0 Å². The first-order chi connectivity index (χ1) is 13.6. The minimum atomic E-state index is -3.03. The van der Waals surface area contributed by atoms with Crippen LogP contribution in [0.1, 0.15) is 29.6 Å². The van der Waals surface area contributed by atoms with Gasteiger partial charge in [0.15, 0.2) is 0 Å². The van der Waals surface area contributed by atoms with Gasteiger partial charge in [0.25, 0.3) is 5.91 Å². The lowest BCUT2D eigenvalue weighted by atomic mass is 10.1. The summed E-state index contributed by atoms with van der Waals surface area (Å²) in [4.78, 5) is 26.8. The molecule has 1 atom stereocenters. The number of carbonyl (C=O) groups excluding carboxylic acids is 2. The molecule has 28 heavy (non-hydrogen) atoms. The van der Waals surface area contributed by atoms with Gasteiger partial charge in [-0.05, 0) is 37.5 Å². The molecule has 9 heteroatoms. The van der Waals surface area contributed by atoms with Crippen molar-refractivity contribution in [3.05, 3.63) is 48.3 Å². The minimum Gasteiger partial charge on any atom is -0.434 e. The molecule has 7 nitrogen and oxygen atoms in total. The molecule has 1 aliphatic heterocycles. The normalized spacial score (nSPS) is 16.4. The van der Waals surface area contributed by atoms with Crippen molar-refractivity contribution < 1.29 is 23.1 Å². The van der Waals surface area contributed by atoms with E-state index < -0.39 is 18.6 Å². The smallest absolute Gasteiger partial charge is 0.387 e. The van der Waals surface area contributed by atoms with Crippen LogP contribution in [0.5, 0.6) is 5.75 Å². The zero-order valence-corrected chi connectivity index (χ0v) is 15.3. The number of rotatable bonds is 8. The molecule has 0 aliphatic carbocycles. The Morgan fingerprint density at radius 3 is 2.86 bits per heavy atom. The fraction of sp³-hybridized carbons (Fsp3) is 0.421. The van der Waals surface area contributed by atoms with Gasteiger partial charge in [0.05, 0.1) is 5.56 Å². The van der Waals surface area contributed by atoms with Crippen molar-refractivity contribution in [2.24, 2.45) is 0 Å². The topological polar surface area (TPSA) is 76.5 Å². The van der Waals surface area contributed by atoms with Crippen molar-refractivity contribution in [1.29, 1.82) is 0 Å². The summed E-state index contributed by atoms with van der Waals surface area (Å²) < 4.78 is 31.4. The average molecular weight is 392 g/mol. The fourth-order valence-electron chi connectivity index (χ4n) is 3.28. The maximum absolute atomic E-state index is 12.9. The minimum absolute atomic E-state index is 0.0289. The zero-order valence-electron chi connectivity index (χ0n) is 15.3. The Labute approximate surface area is 161 Å². The number of nitrogens with zero attached hydrogens (tertiary/aromatic N) is 3. The summed E-state index contributed by atoms with van der Waals surface area (Å²) in [5.74, 6) is -0.906. The molecule has 1 aromatic heterocycles. The molecule has 1 aliphatic rings. The van der Waals surface area contributed by atoms with E-state index in [-0.39, 0.29) is 17.2 Å². The van der Waals surface area contributed by atoms with Crippen molar-refractivity contribution in [1.82, 2.24) is 20.0 Å². The molecule has 1 aromatic carbocycles. The Morgan fingerprint density at radius 2 is 2.11 bits per heavy atom. The highest BCUT2D eigenvalue weighted by atomic mass is 19.3. The number of alkyl halides is 2. The van der Waals surface area contributed by atoms with Gasteiger partial charge in [0.1, 0.15) is 11.8 Å². The molecule has 1 saturated heterocycles. The Kier molecular flexibility index (Phi) is 6.57. The Bertz CT molecular complexity index is 798. The summed E-state index contributed by atoms with van der Waals surface area (Å²) >= 11 is 0. The number of para-hydroxylation sites is 1. The second kappa shape index (κ2) is 9.29. The molecule has 1 fully saturated rings. The molecule has 0 bridgehead atoms. The first-order valence-corrected chi connectivity index (χ1v) is 9.16. The van der Waals surface area contributed by atoms with Gasteiger partial charge in [-0.3, -0.25) is 14.3 Å². The van der Waals surface area contributed by atoms with Crippen LogP contribution in [0, 0.1) is 0 Å². The van der Waals surface area contributed by atoms with E-state index in [2.05, 4.69) is 15.2 Å². The van der Waals surface area contributed by atoms with Gasteiger partial charge in [-0.1, -0.05) is 12.1 Å². The van der Waals surface area contributed by atoms with E-state index in [0.29, 0.717) is 38.9 Å². The van der Waals surface area contributed by atoms with Crippen molar-refractivity contribution in [3.63, 3.8) is 0 Å². The fourth-order valence-corrected chi connectivity index (χ4v) is 3.28. The summed E-state index contributed by atoms with van der Waals surface area (Å²) in [6.45, 7) is -1.49. The second-order valence-corrected chi connectivity index (χ2v) is 6.44. The van der Waals surface area contributed by atoms with E-state index in [1.165, 1.54) is 23.1 Å². The molecule has 150 valence electrons. The van der Waals surface area contributed by atoms with Crippen LogP contribution in [-0.2, 0) is 11.3 Å². The molecule has 2 aromatic rings. The highest BCUT2D eigenvalue weighted by Gasteiger charge is 2.35. The third-order valence-electron chi connectivity index (χ3n) is 4.57. The van der Waals surface area contributed by atoms with Gasteiger partial charge in [-0.25, -0.2) is 0 Å². The molecular formula is C19H22F2N4O3. The Balaban J connectivity index is 1.59. The van der Waals surface area contributed by atoms with Crippen LogP contribution in [0.3, 0.4) is 0 Å². The van der Waals surface area contributed by atoms with Gasteiger partial charge in [-0.15, -0.1) is 0 Å².